The molecule has 0 atom stereocenters. The van der Waals surface area contributed by atoms with Crippen LogP contribution in [0.5, 0.6) is 5.75 Å². The van der Waals surface area contributed by atoms with E-state index in [9.17, 15) is 0 Å². The van der Waals surface area contributed by atoms with E-state index in [1.165, 1.54) is 11.1 Å². The summed E-state index contributed by atoms with van der Waals surface area (Å²) in [6.45, 7) is 1.67. The van der Waals surface area contributed by atoms with E-state index >= 15 is 0 Å². The Balaban J connectivity index is 1.57. The third-order valence-corrected chi connectivity index (χ3v) is 3.80. The SMILES string of the molecule is ClCCCc1cn(CCc2ccc3c(c2)CCO3)nn1. The second-order valence-corrected chi connectivity index (χ2v) is 5.43. The lowest BCUT2D eigenvalue weighted by Gasteiger charge is -2.04. The fourth-order valence-corrected chi connectivity index (χ4v) is 2.58. The summed E-state index contributed by atoms with van der Waals surface area (Å²) in [6.07, 6.45) is 5.86. The number of nitrogens with zero attached hydrogens (tertiary/aromatic N) is 3. The molecule has 0 amide bonds. The van der Waals surface area contributed by atoms with Gasteiger partial charge in [0.2, 0.25) is 0 Å². The van der Waals surface area contributed by atoms with Gasteiger partial charge in [-0.25, -0.2) is 0 Å². The number of aromatic nitrogens is 3. The lowest BCUT2D eigenvalue weighted by atomic mass is 10.1. The Morgan fingerprint density at radius 1 is 1.30 bits per heavy atom. The molecule has 1 aliphatic heterocycles. The highest BCUT2D eigenvalue weighted by Gasteiger charge is 2.11. The fraction of sp³-hybridized carbons (Fsp3) is 0.467. The number of fused-ring (bicyclic) bond motifs is 1. The average Bonchev–Trinajstić information content (AvgIpc) is 3.11. The van der Waals surface area contributed by atoms with Crippen molar-refractivity contribution < 1.29 is 4.74 Å². The maximum atomic E-state index is 5.68. The van der Waals surface area contributed by atoms with Crippen molar-refractivity contribution in [1.29, 1.82) is 0 Å². The summed E-state index contributed by atoms with van der Waals surface area (Å²) in [4.78, 5) is 0. The normalized spacial score (nSPS) is 13.2. The maximum absolute atomic E-state index is 5.68. The van der Waals surface area contributed by atoms with Gasteiger partial charge in [0, 0.05) is 25.0 Å². The number of ether oxygens (including phenoxy) is 1. The van der Waals surface area contributed by atoms with Crippen LogP contribution < -0.4 is 4.74 Å². The van der Waals surface area contributed by atoms with Crippen LogP contribution in [0.15, 0.2) is 24.4 Å². The molecule has 2 aromatic rings. The first kappa shape index (κ1) is 13.4. The molecule has 0 saturated heterocycles. The molecule has 0 spiro atoms. The third-order valence-electron chi connectivity index (χ3n) is 3.54. The topological polar surface area (TPSA) is 39.9 Å². The molecule has 1 aliphatic rings. The van der Waals surface area contributed by atoms with Crippen molar-refractivity contribution in [1.82, 2.24) is 15.0 Å². The van der Waals surface area contributed by atoms with Crippen LogP contribution in [0.4, 0.5) is 0 Å². The van der Waals surface area contributed by atoms with Gasteiger partial charge in [-0.2, -0.15) is 0 Å². The zero-order valence-corrected chi connectivity index (χ0v) is 12.1. The molecule has 0 radical (unpaired) electrons. The second kappa shape index (κ2) is 6.27. The van der Waals surface area contributed by atoms with Gasteiger partial charge in [-0.3, -0.25) is 4.68 Å². The number of halogens is 1. The number of hydrogen-bond acceptors (Lipinski definition) is 3. The molecule has 0 unspecified atom stereocenters. The summed E-state index contributed by atoms with van der Waals surface area (Å²) in [5.41, 5.74) is 3.67. The molecule has 1 aromatic heterocycles. The van der Waals surface area contributed by atoms with Crippen LogP contribution in [0.1, 0.15) is 23.2 Å². The Morgan fingerprint density at radius 2 is 2.25 bits per heavy atom. The first-order valence-electron chi connectivity index (χ1n) is 7.05. The van der Waals surface area contributed by atoms with Crippen LogP contribution >= 0.6 is 11.6 Å². The number of aryl methyl sites for hydroxylation is 3. The minimum absolute atomic E-state index is 0.671. The summed E-state index contributed by atoms with van der Waals surface area (Å²) in [5, 5.41) is 8.31. The zero-order chi connectivity index (χ0) is 13.8. The van der Waals surface area contributed by atoms with Crippen molar-refractivity contribution >= 4 is 11.6 Å². The third kappa shape index (κ3) is 3.12. The first-order valence-corrected chi connectivity index (χ1v) is 7.58. The van der Waals surface area contributed by atoms with Crippen LogP contribution in [0, 0.1) is 0 Å². The highest BCUT2D eigenvalue weighted by atomic mass is 35.5. The molecular weight excluding hydrogens is 274 g/mol. The van der Waals surface area contributed by atoms with Gasteiger partial charge in [0.25, 0.3) is 0 Å². The summed E-state index contributed by atoms with van der Waals surface area (Å²) in [6, 6.07) is 6.45. The van der Waals surface area contributed by atoms with Gasteiger partial charge in [-0.05, 0) is 36.5 Å². The van der Waals surface area contributed by atoms with E-state index in [4.69, 9.17) is 16.3 Å². The van der Waals surface area contributed by atoms with Crippen molar-refractivity contribution in [2.75, 3.05) is 12.5 Å². The van der Waals surface area contributed by atoms with Gasteiger partial charge in [-0.1, -0.05) is 17.3 Å². The van der Waals surface area contributed by atoms with E-state index in [0.29, 0.717) is 5.88 Å². The summed E-state index contributed by atoms with van der Waals surface area (Å²) in [7, 11) is 0. The van der Waals surface area contributed by atoms with Crippen molar-refractivity contribution in [3.05, 3.63) is 41.2 Å². The van der Waals surface area contributed by atoms with Crippen LogP contribution in [-0.2, 0) is 25.8 Å². The Hall–Kier alpha value is -1.55. The molecule has 0 saturated carbocycles. The van der Waals surface area contributed by atoms with Crippen molar-refractivity contribution in [3.63, 3.8) is 0 Å². The Bertz CT molecular complexity index is 582. The molecule has 0 aliphatic carbocycles. The van der Waals surface area contributed by atoms with Crippen molar-refractivity contribution in [2.24, 2.45) is 0 Å². The monoisotopic (exact) mass is 291 g/mol. The van der Waals surface area contributed by atoms with Gasteiger partial charge in [0.05, 0.1) is 12.3 Å². The van der Waals surface area contributed by atoms with Crippen molar-refractivity contribution in [3.8, 4) is 5.75 Å². The van der Waals surface area contributed by atoms with E-state index in [1.807, 2.05) is 10.9 Å². The largest absolute Gasteiger partial charge is 0.493 e. The van der Waals surface area contributed by atoms with Crippen LogP contribution in [0.3, 0.4) is 0 Å². The molecule has 5 heteroatoms. The van der Waals surface area contributed by atoms with Gasteiger partial charge in [0.1, 0.15) is 5.75 Å². The smallest absolute Gasteiger partial charge is 0.122 e. The van der Waals surface area contributed by atoms with Crippen molar-refractivity contribution in [2.45, 2.75) is 32.2 Å². The zero-order valence-electron chi connectivity index (χ0n) is 11.4. The highest BCUT2D eigenvalue weighted by molar-refractivity contribution is 6.17. The van der Waals surface area contributed by atoms with Gasteiger partial charge >= 0.3 is 0 Å². The summed E-state index contributed by atoms with van der Waals surface area (Å²) < 4.78 is 7.43. The van der Waals surface area contributed by atoms with E-state index in [1.54, 1.807) is 0 Å². The second-order valence-electron chi connectivity index (χ2n) is 5.06. The Morgan fingerprint density at radius 3 is 3.15 bits per heavy atom. The molecule has 3 rings (SSSR count). The number of alkyl halides is 1. The summed E-state index contributed by atoms with van der Waals surface area (Å²) >= 11 is 5.68. The predicted molar refractivity (Wildman–Crippen MR) is 78.4 cm³/mol. The van der Waals surface area contributed by atoms with Crippen LogP contribution in [0.2, 0.25) is 0 Å². The minimum Gasteiger partial charge on any atom is -0.493 e. The number of benzene rings is 1. The molecule has 0 N–H and O–H groups in total. The highest BCUT2D eigenvalue weighted by Crippen LogP contribution is 2.26. The van der Waals surface area contributed by atoms with Gasteiger partial charge in [-0.15, -0.1) is 16.7 Å². The molecule has 0 fully saturated rings. The Labute approximate surface area is 123 Å². The van der Waals surface area contributed by atoms with Gasteiger partial charge < -0.3 is 4.74 Å². The Kier molecular flexibility index (Phi) is 4.21. The van der Waals surface area contributed by atoms with E-state index in [0.717, 1.165) is 50.3 Å². The molecule has 20 heavy (non-hydrogen) atoms. The molecule has 0 bridgehead atoms. The fourth-order valence-electron chi connectivity index (χ4n) is 2.45. The van der Waals surface area contributed by atoms with E-state index in [2.05, 4.69) is 28.5 Å². The molecule has 1 aromatic carbocycles. The molecule has 2 heterocycles. The van der Waals surface area contributed by atoms with Crippen LogP contribution in [-0.4, -0.2) is 27.5 Å². The molecule has 4 nitrogen and oxygen atoms in total. The molecule has 106 valence electrons. The lowest BCUT2D eigenvalue weighted by molar-refractivity contribution is 0.357. The van der Waals surface area contributed by atoms with Crippen LogP contribution in [0.25, 0.3) is 0 Å². The van der Waals surface area contributed by atoms with Gasteiger partial charge in [0.15, 0.2) is 0 Å². The average molecular weight is 292 g/mol. The number of hydrogen-bond donors (Lipinski definition) is 0. The number of rotatable bonds is 6. The van der Waals surface area contributed by atoms with E-state index in [-0.39, 0.29) is 0 Å². The minimum atomic E-state index is 0.671. The summed E-state index contributed by atoms with van der Waals surface area (Å²) in [5.74, 6) is 1.71. The first-order chi connectivity index (χ1) is 9.85. The maximum Gasteiger partial charge on any atom is 0.122 e. The quantitative estimate of drug-likeness (QED) is 0.768. The van der Waals surface area contributed by atoms with E-state index < -0.39 is 0 Å². The standard InChI is InChI=1S/C15H18ClN3O/c16-7-1-2-14-11-19(18-17-14)8-5-12-3-4-15-13(10-12)6-9-20-15/h3-4,10-11H,1-2,5-9H2. The molecular formula is C15H18ClN3O. The predicted octanol–water partition coefficient (Wildman–Crippen LogP) is 2.63. The lowest BCUT2D eigenvalue weighted by Crippen LogP contribution is -2.02.